The van der Waals surface area contributed by atoms with Gasteiger partial charge in [-0.3, -0.25) is 19.6 Å². The molecule has 3 rings (SSSR count). The summed E-state index contributed by atoms with van der Waals surface area (Å²) in [6, 6.07) is -0.132. The summed E-state index contributed by atoms with van der Waals surface area (Å²) in [5.41, 5.74) is 1.89. The fourth-order valence-corrected chi connectivity index (χ4v) is 3.18. The quantitative estimate of drug-likeness (QED) is 0.839. The van der Waals surface area contributed by atoms with Gasteiger partial charge in [0.2, 0.25) is 5.91 Å². The van der Waals surface area contributed by atoms with Crippen molar-refractivity contribution < 1.29 is 9.59 Å². The Morgan fingerprint density at radius 2 is 2.07 bits per heavy atom. The molecule has 0 aromatic carbocycles. The van der Waals surface area contributed by atoms with Crippen molar-refractivity contribution in [1.82, 2.24) is 29.7 Å². The lowest BCUT2D eigenvalue weighted by molar-refractivity contribution is -0.134. The third-order valence-corrected chi connectivity index (χ3v) is 4.79. The van der Waals surface area contributed by atoms with Crippen molar-refractivity contribution in [2.45, 2.75) is 59.2 Å². The van der Waals surface area contributed by atoms with E-state index in [0.717, 1.165) is 24.4 Å². The molecule has 0 unspecified atom stereocenters. The molecule has 2 aromatic rings. The van der Waals surface area contributed by atoms with Gasteiger partial charge in [-0.1, -0.05) is 13.3 Å². The first-order valence-electron chi connectivity index (χ1n) is 9.41. The van der Waals surface area contributed by atoms with E-state index in [4.69, 9.17) is 0 Å². The Morgan fingerprint density at radius 1 is 1.26 bits per heavy atom. The van der Waals surface area contributed by atoms with Crippen LogP contribution in [-0.4, -0.2) is 42.8 Å². The average Bonchev–Trinajstić information content (AvgIpc) is 3.11. The largest absolute Gasteiger partial charge is 0.345 e. The van der Waals surface area contributed by atoms with Crippen LogP contribution >= 0.6 is 0 Å². The van der Waals surface area contributed by atoms with Gasteiger partial charge in [-0.2, -0.15) is 0 Å². The second-order valence-corrected chi connectivity index (χ2v) is 6.88. The van der Waals surface area contributed by atoms with E-state index < -0.39 is 0 Å². The number of fused-ring (bicyclic) bond motifs is 1. The standard InChI is InChI=1S/C19H26N6O2/c1-4-5-6-17(26)25-8-7-24-12-16(23-18(24)14(25)3)19(27)22-11-15-10-20-13(2)9-21-15/h9-10,12,14H,4-8,11H2,1-3H3,(H,22,27)/t14-/m1/s1. The summed E-state index contributed by atoms with van der Waals surface area (Å²) in [6.45, 7) is 7.50. The van der Waals surface area contributed by atoms with Gasteiger partial charge in [0.05, 0.1) is 30.2 Å². The van der Waals surface area contributed by atoms with Crippen LogP contribution in [0.1, 0.15) is 66.9 Å². The van der Waals surface area contributed by atoms with Crippen LogP contribution in [0.15, 0.2) is 18.6 Å². The number of imidazole rings is 1. The first kappa shape index (κ1) is 19.0. The third-order valence-electron chi connectivity index (χ3n) is 4.79. The van der Waals surface area contributed by atoms with Gasteiger partial charge >= 0.3 is 0 Å². The number of unbranched alkanes of at least 4 members (excludes halogenated alkanes) is 1. The molecule has 144 valence electrons. The zero-order valence-electron chi connectivity index (χ0n) is 16.1. The minimum Gasteiger partial charge on any atom is -0.345 e. The molecular weight excluding hydrogens is 344 g/mol. The maximum Gasteiger partial charge on any atom is 0.271 e. The van der Waals surface area contributed by atoms with E-state index in [9.17, 15) is 9.59 Å². The van der Waals surface area contributed by atoms with E-state index in [2.05, 4.69) is 27.2 Å². The Balaban J connectivity index is 1.65. The summed E-state index contributed by atoms with van der Waals surface area (Å²) in [4.78, 5) is 39.6. The number of carbonyl (C=O) groups excluding carboxylic acids is 2. The normalized spacial score (nSPS) is 16.1. The Hall–Kier alpha value is -2.77. The zero-order valence-corrected chi connectivity index (χ0v) is 16.1. The van der Waals surface area contributed by atoms with Gasteiger partial charge in [-0.15, -0.1) is 0 Å². The van der Waals surface area contributed by atoms with Crippen molar-refractivity contribution >= 4 is 11.8 Å². The lowest BCUT2D eigenvalue weighted by Crippen LogP contribution is -2.41. The number of aromatic nitrogens is 4. The third kappa shape index (κ3) is 4.32. The fourth-order valence-electron chi connectivity index (χ4n) is 3.18. The van der Waals surface area contributed by atoms with Crippen LogP contribution in [0.5, 0.6) is 0 Å². The molecular formula is C19H26N6O2. The Morgan fingerprint density at radius 3 is 2.78 bits per heavy atom. The van der Waals surface area contributed by atoms with Gasteiger partial charge in [-0.05, 0) is 20.3 Å². The Bertz CT molecular complexity index is 814. The van der Waals surface area contributed by atoms with Crippen molar-refractivity contribution in [3.05, 3.63) is 41.5 Å². The van der Waals surface area contributed by atoms with Crippen molar-refractivity contribution in [3.63, 3.8) is 0 Å². The van der Waals surface area contributed by atoms with E-state index in [1.165, 1.54) is 0 Å². The maximum absolute atomic E-state index is 12.5. The fraction of sp³-hybridized carbons (Fsp3) is 0.526. The zero-order chi connectivity index (χ0) is 19.4. The van der Waals surface area contributed by atoms with Gasteiger partial charge in [-0.25, -0.2) is 4.98 Å². The van der Waals surface area contributed by atoms with Crippen molar-refractivity contribution in [2.75, 3.05) is 6.54 Å². The van der Waals surface area contributed by atoms with Crippen LogP contribution in [0.3, 0.4) is 0 Å². The van der Waals surface area contributed by atoms with Crippen LogP contribution in [0.25, 0.3) is 0 Å². The second kappa shape index (κ2) is 8.28. The number of nitrogens with zero attached hydrogens (tertiary/aromatic N) is 5. The highest BCUT2D eigenvalue weighted by Gasteiger charge is 2.30. The molecule has 0 aliphatic carbocycles. The Labute approximate surface area is 159 Å². The number of carbonyl (C=O) groups is 2. The molecule has 1 N–H and O–H groups in total. The van der Waals surface area contributed by atoms with E-state index in [0.29, 0.717) is 37.4 Å². The van der Waals surface area contributed by atoms with Gasteiger partial charge in [0.1, 0.15) is 11.5 Å². The molecule has 0 radical (unpaired) electrons. The summed E-state index contributed by atoms with van der Waals surface area (Å²) in [5, 5.41) is 2.82. The van der Waals surface area contributed by atoms with Crippen LogP contribution in [0, 0.1) is 6.92 Å². The van der Waals surface area contributed by atoms with Crippen LogP contribution in [-0.2, 0) is 17.9 Å². The molecule has 1 aliphatic rings. The van der Waals surface area contributed by atoms with E-state index in [-0.39, 0.29) is 17.9 Å². The average molecular weight is 370 g/mol. The maximum atomic E-state index is 12.5. The molecule has 0 bridgehead atoms. The molecule has 1 aliphatic heterocycles. The van der Waals surface area contributed by atoms with Crippen LogP contribution in [0.4, 0.5) is 0 Å². The lowest BCUT2D eigenvalue weighted by atomic mass is 10.1. The van der Waals surface area contributed by atoms with Gasteiger partial charge in [0.25, 0.3) is 5.91 Å². The Kier molecular flexibility index (Phi) is 5.83. The minimum atomic E-state index is -0.254. The van der Waals surface area contributed by atoms with Crippen LogP contribution < -0.4 is 5.32 Å². The minimum absolute atomic E-state index is 0.132. The van der Waals surface area contributed by atoms with E-state index in [1.54, 1.807) is 18.6 Å². The molecule has 0 saturated carbocycles. The predicted octanol–water partition coefficient (Wildman–Crippen LogP) is 2.00. The second-order valence-electron chi connectivity index (χ2n) is 6.88. The molecule has 8 nitrogen and oxygen atoms in total. The summed E-state index contributed by atoms with van der Waals surface area (Å²) in [6.07, 6.45) is 7.53. The van der Waals surface area contributed by atoms with Crippen LogP contribution in [0.2, 0.25) is 0 Å². The van der Waals surface area contributed by atoms with Gasteiger partial charge in [0, 0.05) is 31.9 Å². The van der Waals surface area contributed by atoms with Crippen molar-refractivity contribution in [1.29, 1.82) is 0 Å². The molecule has 8 heteroatoms. The lowest BCUT2D eigenvalue weighted by Gasteiger charge is -2.33. The van der Waals surface area contributed by atoms with Gasteiger partial charge in [0.15, 0.2) is 0 Å². The summed E-state index contributed by atoms with van der Waals surface area (Å²) >= 11 is 0. The number of hydrogen-bond acceptors (Lipinski definition) is 5. The first-order valence-corrected chi connectivity index (χ1v) is 9.41. The van der Waals surface area contributed by atoms with E-state index in [1.807, 2.05) is 23.3 Å². The van der Waals surface area contributed by atoms with Crippen molar-refractivity contribution in [3.8, 4) is 0 Å². The molecule has 0 spiro atoms. The molecule has 3 heterocycles. The summed E-state index contributed by atoms with van der Waals surface area (Å²) in [7, 11) is 0. The number of aryl methyl sites for hydroxylation is 1. The highest BCUT2D eigenvalue weighted by Crippen LogP contribution is 2.25. The molecule has 2 aromatic heterocycles. The van der Waals surface area contributed by atoms with E-state index >= 15 is 0 Å². The SMILES string of the molecule is CCCCC(=O)N1CCn2cc(C(=O)NCc3cnc(C)cn3)nc2[C@H]1C. The van der Waals surface area contributed by atoms with Gasteiger partial charge < -0.3 is 14.8 Å². The smallest absolute Gasteiger partial charge is 0.271 e. The molecule has 0 saturated heterocycles. The first-order chi connectivity index (χ1) is 13.0. The topological polar surface area (TPSA) is 93.0 Å². The predicted molar refractivity (Wildman–Crippen MR) is 99.8 cm³/mol. The van der Waals surface area contributed by atoms with Crippen molar-refractivity contribution in [2.24, 2.45) is 0 Å². The molecule has 2 amide bonds. The summed E-state index contributed by atoms with van der Waals surface area (Å²) in [5.74, 6) is 0.657. The molecule has 1 atom stereocenters. The molecule has 0 fully saturated rings. The monoisotopic (exact) mass is 370 g/mol. The number of nitrogens with one attached hydrogen (secondary N) is 1. The number of amides is 2. The highest BCUT2D eigenvalue weighted by molar-refractivity contribution is 5.92. The molecule has 27 heavy (non-hydrogen) atoms. The number of rotatable bonds is 6. The highest BCUT2D eigenvalue weighted by atomic mass is 16.2. The summed E-state index contributed by atoms with van der Waals surface area (Å²) < 4.78 is 1.97. The number of hydrogen-bond donors (Lipinski definition) is 1.